The van der Waals surface area contributed by atoms with Crippen LogP contribution in [0.1, 0.15) is 30.0 Å². The summed E-state index contributed by atoms with van der Waals surface area (Å²) in [6.07, 6.45) is 1.22. The minimum absolute atomic E-state index is 0.416. The predicted molar refractivity (Wildman–Crippen MR) is 97.0 cm³/mol. The molecule has 5 nitrogen and oxygen atoms in total. The molecule has 1 fully saturated rings. The molecule has 2 aromatic carbocycles. The van der Waals surface area contributed by atoms with Crippen LogP contribution < -0.4 is 15.4 Å². The molecule has 1 amide bonds. The number of carbonyl (C=O) groups is 1. The Morgan fingerprint density at radius 1 is 1.12 bits per heavy atom. The van der Waals surface area contributed by atoms with Crippen molar-refractivity contribution in [2.45, 2.75) is 18.9 Å². The number of piperidine rings is 1. The van der Waals surface area contributed by atoms with Crippen LogP contribution in [0.2, 0.25) is 0 Å². The van der Waals surface area contributed by atoms with Gasteiger partial charge in [0.15, 0.2) is 0 Å². The van der Waals surface area contributed by atoms with Crippen LogP contribution in [0.4, 0.5) is 4.79 Å². The molecule has 0 saturated carbocycles. The Hall–Kier alpha value is -2.53. The molecular weight excluding hydrogens is 316 g/mol. The third kappa shape index (κ3) is 4.97. The van der Waals surface area contributed by atoms with Crippen LogP contribution in [0.25, 0.3) is 0 Å². The van der Waals surface area contributed by atoms with E-state index in [0.29, 0.717) is 12.5 Å². The fourth-order valence-corrected chi connectivity index (χ4v) is 3.17. The maximum absolute atomic E-state index is 11.2. The van der Waals surface area contributed by atoms with Gasteiger partial charge in [0, 0.05) is 0 Å². The van der Waals surface area contributed by atoms with Crippen molar-refractivity contribution in [2.24, 2.45) is 5.92 Å². The molecule has 0 radical (unpaired) electrons. The van der Waals surface area contributed by atoms with E-state index < -0.39 is 12.1 Å². The van der Waals surface area contributed by atoms with Crippen LogP contribution in [0.3, 0.4) is 0 Å². The largest absolute Gasteiger partial charge is 0.493 e. The van der Waals surface area contributed by atoms with Crippen LogP contribution in [0, 0.1) is 5.92 Å². The highest BCUT2D eigenvalue weighted by Gasteiger charge is 2.18. The summed E-state index contributed by atoms with van der Waals surface area (Å²) in [4.78, 5) is 11.2. The number of hydrogen-bond donors (Lipinski definition) is 3. The van der Waals surface area contributed by atoms with Crippen LogP contribution in [0.5, 0.6) is 5.75 Å². The molecule has 1 heterocycles. The van der Waals surface area contributed by atoms with Gasteiger partial charge in [0.25, 0.3) is 0 Å². The zero-order valence-corrected chi connectivity index (χ0v) is 14.2. The van der Waals surface area contributed by atoms with Gasteiger partial charge in [0.1, 0.15) is 5.75 Å². The zero-order valence-electron chi connectivity index (χ0n) is 14.2. The van der Waals surface area contributed by atoms with Crippen LogP contribution >= 0.6 is 0 Å². The van der Waals surface area contributed by atoms with E-state index >= 15 is 0 Å². The normalized spacial score (nSPS) is 16.2. The lowest BCUT2D eigenvalue weighted by atomic mass is 9.98. The maximum Gasteiger partial charge on any atom is 0.405 e. The van der Waals surface area contributed by atoms with Gasteiger partial charge in [0.05, 0.1) is 12.6 Å². The molecule has 132 valence electrons. The van der Waals surface area contributed by atoms with E-state index in [1.54, 1.807) is 0 Å². The summed E-state index contributed by atoms with van der Waals surface area (Å²) >= 11 is 0. The molecule has 1 aliphatic heterocycles. The van der Waals surface area contributed by atoms with E-state index in [4.69, 9.17) is 4.74 Å². The molecule has 1 atom stereocenters. The van der Waals surface area contributed by atoms with E-state index in [0.717, 1.165) is 42.8 Å². The van der Waals surface area contributed by atoms with E-state index in [9.17, 15) is 9.90 Å². The smallest absolute Gasteiger partial charge is 0.405 e. The Labute approximate surface area is 148 Å². The molecule has 0 spiro atoms. The van der Waals surface area contributed by atoms with Crippen molar-refractivity contribution in [3.05, 3.63) is 65.7 Å². The number of benzene rings is 2. The number of rotatable bonds is 6. The fraction of sp³-hybridized carbons (Fsp3) is 0.350. The van der Waals surface area contributed by atoms with Crippen molar-refractivity contribution < 1.29 is 14.6 Å². The molecule has 3 N–H and O–H groups in total. The summed E-state index contributed by atoms with van der Waals surface area (Å²) < 4.78 is 5.97. The molecule has 25 heavy (non-hydrogen) atoms. The third-order valence-corrected chi connectivity index (χ3v) is 4.54. The van der Waals surface area contributed by atoms with Gasteiger partial charge in [-0.2, -0.15) is 0 Å². The summed E-state index contributed by atoms with van der Waals surface area (Å²) in [5, 5.41) is 15.2. The first-order valence-corrected chi connectivity index (χ1v) is 8.70. The van der Waals surface area contributed by atoms with Crippen LogP contribution in [0.15, 0.2) is 54.6 Å². The zero-order chi connectivity index (χ0) is 17.5. The van der Waals surface area contributed by atoms with E-state index in [2.05, 4.69) is 10.6 Å². The van der Waals surface area contributed by atoms with Gasteiger partial charge in [0.2, 0.25) is 0 Å². The van der Waals surface area contributed by atoms with E-state index in [1.165, 1.54) is 0 Å². The molecule has 1 saturated heterocycles. The molecule has 0 bridgehead atoms. The Morgan fingerprint density at radius 2 is 1.84 bits per heavy atom. The Morgan fingerprint density at radius 3 is 2.56 bits per heavy atom. The van der Waals surface area contributed by atoms with Crippen molar-refractivity contribution in [1.29, 1.82) is 0 Å². The molecule has 1 aliphatic rings. The van der Waals surface area contributed by atoms with Crippen LogP contribution in [-0.2, 0) is 0 Å². The monoisotopic (exact) mass is 340 g/mol. The predicted octanol–water partition coefficient (Wildman–Crippen LogP) is 3.42. The molecule has 3 rings (SSSR count). The lowest BCUT2D eigenvalue weighted by Crippen LogP contribution is -2.30. The minimum Gasteiger partial charge on any atom is -0.493 e. The average Bonchev–Trinajstić information content (AvgIpc) is 2.66. The number of carboxylic acid groups (broad SMARTS) is 1. The second kappa shape index (κ2) is 8.53. The van der Waals surface area contributed by atoms with Gasteiger partial charge in [-0.05, 0) is 55.1 Å². The summed E-state index contributed by atoms with van der Waals surface area (Å²) in [6.45, 7) is 2.80. The van der Waals surface area contributed by atoms with Gasteiger partial charge in [-0.3, -0.25) is 0 Å². The third-order valence-electron chi connectivity index (χ3n) is 4.54. The van der Waals surface area contributed by atoms with Gasteiger partial charge in [-0.1, -0.05) is 42.5 Å². The molecular formula is C20H24N2O3. The summed E-state index contributed by atoms with van der Waals surface area (Å²) in [7, 11) is 0. The second-order valence-corrected chi connectivity index (χ2v) is 6.37. The number of ether oxygens (including phenoxy) is 1. The number of hydrogen-bond acceptors (Lipinski definition) is 3. The molecule has 0 unspecified atom stereocenters. The summed E-state index contributed by atoms with van der Waals surface area (Å²) in [5.41, 5.74) is 1.77. The van der Waals surface area contributed by atoms with Crippen molar-refractivity contribution >= 4 is 6.09 Å². The Balaban J connectivity index is 1.74. The van der Waals surface area contributed by atoms with Crippen molar-refractivity contribution in [3.63, 3.8) is 0 Å². The summed E-state index contributed by atoms with van der Waals surface area (Å²) in [5.74, 6) is 1.36. The molecule has 5 heteroatoms. The standard InChI is InChI=1S/C20H24N2O3/c23-20(24)22-19(16-5-2-1-3-6-16)17-7-4-8-18(13-17)25-14-15-9-11-21-12-10-15/h1-8,13,15,19,21-22H,9-12,14H2,(H,23,24)/t19-/m0/s1. The first-order chi connectivity index (χ1) is 12.2. The second-order valence-electron chi connectivity index (χ2n) is 6.37. The van der Waals surface area contributed by atoms with Crippen LogP contribution in [-0.4, -0.2) is 30.9 Å². The quantitative estimate of drug-likeness (QED) is 0.753. The Kier molecular flexibility index (Phi) is 5.90. The lowest BCUT2D eigenvalue weighted by molar-refractivity contribution is 0.191. The molecule has 0 aromatic heterocycles. The lowest BCUT2D eigenvalue weighted by Gasteiger charge is -2.23. The van der Waals surface area contributed by atoms with Gasteiger partial charge >= 0.3 is 6.09 Å². The first-order valence-electron chi connectivity index (χ1n) is 8.70. The Bertz CT molecular complexity index is 684. The van der Waals surface area contributed by atoms with E-state index in [1.807, 2.05) is 54.6 Å². The van der Waals surface area contributed by atoms with E-state index in [-0.39, 0.29) is 0 Å². The van der Waals surface area contributed by atoms with Gasteiger partial charge in [-0.25, -0.2) is 4.79 Å². The summed E-state index contributed by atoms with van der Waals surface area (Å²) in [6, 6.07) is 16.8. The highest BCUT2D eigenvalue weighted by molar-refractivity contribution is 5.66. The van der Waals surface area contributed by atoms with Crippen molar-refractivity contribution in [3.8, 4) is 5.75 Å². The van der Waals surface area contributed by atoms with Gasteiger partial charge < -0.3 is 20.5 Å². The highest BCUT2D eigenvalue weighted by atomic mass is 16.5. The van der Waals surface area contributed by atoms with Crippen molar-refractivity contribution in [1.82, 2.24) is 10.6 Å². The maximum atomic E-state index is 11.2. The fourth-order valence-electron chi connectivity index (χ4n) is 3.17. The highest BCUT2D eigenvalue weighted by Crippen LogP contribution is 2.26. The molecule has 0 aliphatic carbocycles. The number of nitrogens with one attached hydrogen (secondary N) is 2. The SMILES string of the molecule is O=C(O)N[C@@H](c1ccccc1)c1cccc(OCC2CCNCC2)c1. The average molecular weight is 340 g/mol. The minimum atomic E-state index is -1.05. The topological polar surface area (TPSA) is 70.6 Å². The molecule has 2 aromatic rings. The number of amides is 1. The van der Waals surface area contributed by atoms with Gasteiger partial charge in [-0.15, -0.1) is 0 Å². The first kappa shape index (κ1) is 17.3. The van der Waals surface area contributed by atoms with Crippen molar-refractivity contribution in [2.75, 3.05) is 19.7 Å².